The molecular weight excluding hydrogens is 544 g/mol. The highest BCUT2D eigenvalue weighted by Gasteiger charge is 2.08. The largest absolute Gasteiger partial charge is 0.341 e. The molecule has 42 heavy (non-hydrogen) atoms. The molecule has 0 unspecified atom stereocenters. The van der Waals surface area contributed by atoms with Crippen molar-refractivity contribution in [1.82, 2.24) is 40.8 Å². The average molecular weight is 583 g/mol. The second-order valence-corrected chi connectivity index (χ2v) is 10.9. The van der Waals surface area contributed by atoms with Crippen molar-refractivity contribution in [3.8, 4) is 0 Å². The highest BCUT2D eigenvalue weighted by molar-refractivity contribution is 6.32. The lowest BCUT2D eigenvalue weighted by atomic mass is 10.1. The zero-order chi connectivity index (χ0) is 29.0. The number of nitrogens with zero attached hydrogens (tertiary/aromatic N) is 4. The van der Waals surface area contributed by atoms with Gasteiger partial charge in [0, 0.05) is 76.0 Å². The van der Waals surface area contributed by atoms with Crippen molar-refractivity contribution in [2.24, 2.45) is 0 Å². The number of nitrogens with one attached hydrogen (secondary N) is 4. The first kappa shape index (κ1) is 29.8. The fraction of sp³-hybridized carbons (Fsp3) is 0.303. The van der Waals surface area contributed by atoms with Crippen LogP contribution >= 0.6 is 11.6 Å². The molecule has 0 amide bonds. The van der Waals surface area contributed by atoms with E-state index in [-0.39, 0.29) is 0 Å². The molecule has 8 nitrogen and oxygen atoms in total. The van der Waals surface area contributed by atoms with Crippen molar-refractivity contribution in [3.63, 3.8) is 0 Å². The van der Waals surface area contributed by atoms with E-state index in [1.807, 2.05) is 49.8 Å². The maximum atomic E-state index is 6.26. The van der Waals surface area contributed by atoms with Gasteiger partial charge in [-0.25, -0.2) is 4.98 Å². The average Bonchev–Trinajstić information content (AvgIpc) is 3.40. The van der Waals surface area contributed by atoms with Crippen LogP contribution in [0.3, 0.4) is 0 Å². The van der Waals surface area contributed by atoms with Crippen LogP contribution in [0.15, 0.2) is 85.3 Å². The second kappa shape index (κ2) is 15.5. The predicted molar refractivity (Wildman–Crippen MR) is 170 cm³/mol. The number of hydrogen-bond acceptors (Lipinski definition) is 7. The van der Waals surface area contributed by atoms with E-state index in [1.54, 1.807) is 0 Å². The van der Waals surface area contributed by atoms with E-state index in [0.29, 0.717) is 6.54 Å². The van der Waals surface area contributed by atoms with Gasteiger partial charge in [0.2, 0.25) is 0 Å². The zero-order valence-corrected chi connectivity index (χ0v) is 24.9. The molecular formula is C33H39ClN8. The fourth-order valence-corrected chi connectivity index (χ4v) is 4.98. The number of halogens is 1. The van der Waals surface area contributed by atoms with Crippen molar-refractivity contribution in [2.45, 2.75) is 39.6 Å². The number of aromatic nitrogens is 4. The molecule has 0 spiro atoms. The van der Waals surface area contributed by atoms with E-state index in [4.69, 9.17) is 11.6 Å². The Kier molecular flexibility index (Phi) is 11.0. The Balaban J connectivity index is 1.09. The van der Waals surface area contributed by atoms with E-state index in [2.05, 4.69) is 83.3 Å². The van der Waals surface area contributed by atoms with Gasteiger partial charge in [0.25, 0.3) is 0 Å². The predicted octanol–water partition coefficient (Wildman–Crippen LogP) is 4.99. The molecule has 5 aromatic rings. The maximum absolute atomic E-state index is 6.26. The minimum atomic E-state index is 0.666. The molecule has 218 valence electrons. The van der Waals surface area contributed by atoms with Crippen LogP contribution in [-0.4, -0.2) is 51.0 Å². The van der Waals surface area contributed by atoms with Crippen LogP contribution in [-0.2, 0) is 32.7 Å². The van der Waals surface area contributed by atoms with E-state index in [1.165, 1.54) is 16.7 Å². The molecule has 4 N–H and O–H groups in total. The Morgan fingerprint density at radius 3 is 2.24 bits per heavy atom. The number of rotatable bonds is 16. The summed E-state index contributed by atoms with van der Waals surface area (Å²) in [5.41, 5.74) is 7.82. The van der Waals surface area contributed by atoms with Gasteiger partial charge in [-0.3, -0.25) is 14.9 Å². The van der Waals surface area contributed by atoms with Gasteiger partial charge in [0.15, 0.2) is 0 Å². The number of H-pyrrole nitrogens is 1. The third-order valence-corrected chi connectivity index (χ3v) is 7.59. The Morgan fingerprint density at radius 2 is 1.48 bits per heavy atom. The summed E-state index contributed by atoms with van der Waals surface area (Å²) in [7, 11) is 0. The monoisotopic (exact) mass is 582 g/mol. The van der Waals surface area contributed by atoms with E-state index in [0.717, 1.165) is 85.5 Å². The van der Waals surface area contributed by atoms with Gasteiger partial charge in [0.05, 0.1) is 23.3 Å². The number of aromatic amines is 1. The van der Waals surface area contributed by atoms with Crippen LogP contribution < -0.4 is 16.0 Å². The zero-order valence-electron chi connectivity index (χ0n) is 24.1. The smallest absolute Gasteiger partial charge is 0.121 e. The van der Waals surface area contributed by atoms with Crippen LogP contribution in [0.25, 0.3) is 11.0 Å². The summed E-state index contributed by atoms with van der Waals surface area (Å²) in [5.74, 6) is 0.910. The molecule has 0 fully saturated rings. The van der Waals surface area contributed by atoms with Crippen molar-refractivity contribution >= 4 is 22.6 Å². The molecule has 0 bridgehead atoms. The van der Waals surface area contributed by atoms with Crippen LogP contribution in [0, 0.1) is 6.92 Å². The van der Waals surface area contributed by atoms with Gasteiger partial charge in [0.1, 0.15) is 5.82 Å². The molecule has 2 aromatic carbocycles. The number of aryl methyl sites for hydroxylation is 1. The van der Waals surface area contributed by atoms with Gasteiger partial charge in [-0.15, -0.1) is 0 Å². The van der Waals surface area contributed by atoms with Gasteiger partial charge in [-0.05, 0) is 65.6 Å². The lowest BCUT2D eigenvalue weighted by Crippen LogP contribution is -2.36. The topological polar surface area (TPSA) is 93.8 Å². The summed E-state index contributed by atoms with van der Waals surface area (Å²) >= 11 is 6.26. The molecule has 0 atom stereocenters. The third-order valence-electron chi connectivity index (χ3n) is 7.18. The lowest BCUT2D eigenvalue weighted by molar-refractivity contribution is 0.264. The van der Waals surface area contributed by atoms with E-state index < -0.39 is 0 Å². The van der Waals surface area contributed by atoms with Gasteiger partial charge in [-0.1, -0.05) is 41.9 Å². The number of imidazole rings is 1. The normalized spacial score (nSPS) is 11.5. The summed E-state index contributed by atoms with van der Waals surface area (Å²) in [6.07, 6.45) is 5.52. The SMILES string of the molecule is Cc1cc2nc(CNCc3ccc(CN(CCNCc4ccncc4)CCNCc4ccccn4)cc3)[nH]c2cc1Cl. The van der Waals surface area contributed by atoms with Crippen LogP contribution in [0.4, 0.5) is 0 Å². The molecule has 0 aliphatic heterocycles. The standard InChI is InChI=1S/C33H39ClN8/c1-25-18-31-32(19-30(25)34)41-33(40-31)23-38-21-26-5-7-28(8-6-26)24-42(16-14-36-20-27-9-12-35-13-10-27)17-15-37-22-29-4-2-3-11-39-29/h2-13,18-19,36-38H,14-17,20-24H2,1H3,(H,40,41). The third kappa shape index (κ3) is 9.17. The Morgan fingerprint density at radius 1 is 0.762 bits per heavy atom. The summed E-state index contributed by atoms with van der Waals surface area (Å²) in [6.45, 7) is 9.69. The molecule has 0 aliphatic carbocycles. The van der Waals surface area contributed by atoms with Gasteiger partial charge in [-0.2, -0.15) is 0 Å². The van der Waals surface area contributed by atoms with Crippen LogP contribution in [0.5, 0.6) is 0 Å². The minimum absolute atomic E-state index is 0.666. The second-order valence-electron chi connectivity index (χ2n) is 10.5. The summed E-state index contributed by atoms with van der Waals surface area (Å²) in [6, 6.07) is 23.0. The van der Waals surface area contributed by atoms with Gasteiger partial charge < -0.3 is 20.9 Å². The van der Waals surface area contributed by atoms with Crippen LogP contribution in [0.1, 0.15) is 33.8 Å². The first-order valence-corrected chi connectivity index (χ1v) is 14.9. The summed E-state index contributed by atoms with van der Waals surface area (Å²) in [4.78, 5) is 19.1. The summed E-state index contributed by atoms with van der Waals surface area (Å²) in [5, 5.41) is 11.4. The van der Waals surface area contributed by atoms with Crippen molar-refractivity contribution in [2.75, 3.05) is 26.2 Å². The molecule has 9 heteroatoms. The molecule has 3 heterocycles. The number of fused-ring (bicyclic) bond motifs is 1. The van der Waals surface area contributed by atoms with Crippen molar-refractivity contribution in [3.05, 3.63) is 124 Å². The first-order chi connectivity index (χ1) is 20.6. The van der Waals surface area contributed by atoms with E-state index in [9.17, 15) is 0 Å². The number of benzene rings is 2. The highest BCUT2D eigenvalue weighted by Crippen LogP contribution is 2.21. The molecule has 0 saturated carbocycles. The molecule has 0 aliphatic rings. The number of pyridine rings is 2. The maximum Gasteiger partial charge on any atom is 0.121 e. The first-order valence-electron chi connectivity index (χ1n) is 14.5. The number of hydrogen-bond donors (Lipinski definition) is 4. The molecule has 3 aromatic heterocycles. The molecule has 0 saturated heterocycles. The Bertz CT molecular complexity index is 1420. The summed E-state index contributed by atoms with van der Waals surface area (Å²) < 4.78 is 0. The molecule has 5 rings (SSSR count). The lowest BCUT2D eigenvalue weighted by Gasteiger charge is -2.23. The van der Waals surface area contributed by atoms with Crippen molar-refractivity contribution in [1.29, 1.82) is 0 Å². The quantitative estimate of drug-likeness (QED) is 0.122. The molecule has 0 radical (unpaired) electrons. The van der Waals surface area contributed by atoms with E-state index >= 15 is 0 Å². The van der Waals surface area contributed by atoms with Gasteiger partial charge >= 0.3 is 0 Å². The van der Waals surface area contributed by atoms with Crippen LogP contribution in [0.2, 0.25) is 5.02 Å². The Labute approximate surface area is 253 Å². The van der Waals surface area contributed by atoms with Crippen molar-refractivity contribution < 1.29 is 0 Å². The minimum Gasteiger partial charge on any atom is -0.341 e. The Hall–Kier alpha value is -3.66. The highest BCUT2D eigenvalue weighted by atomic mass is 35.5. The fourth-order valence-electron chi connectivity index (χ4n) is 4.81.